The quantitative estimate of drug-likeness (QED) is 0.537. The molecule has 0 atom stereocenters. The minimum absolute atomic E-state index is 0.444. The highest BCUT2D eigenvalue weighted by Gasteiger charge is 2.16. The van der Waals surface area contributed by atoms with Gasteiger partial charge in [-0.25, -0.2) is 12.8 Å². The summed E-state index contributed by atoms with van der Waals surface area (Å²) in [6.45, 7) is 1.66. The Morgan fingerprint density at radius 2 is 2.08 bits per heavy atom. The lowest BCUT2D eigenvalue weighted by Crippen LogP contribution is -2.30. The summed E-state index contributed by atoms with van der Waals surface area (Å²) in [6, 6.07) is 3.79. The van der Waals surface area contributed by atoms with Crippen LogP contribution in [-0.2, 0) is 10.0 Å². The first-order valence-corrected chi connectivity index (χ1v) is 4.94. The molecule has 1 aromatic rings. The van der Waals surface area contributed by atoms with Crippen molar-refractivity contribution in [3.05, 3.63) is 29.6 Å². The summed E-state index contributed by atoms with van der Waals surface area (Å²) in [7, 11) is -3.89. The molecule has 0 fully saturated rings. The molecule has 0 aliphatic rings. The van der Waals surface area contributed by atoms with Crippen LogP contribution in [0.1, 0.15) is 5.56 Å². The van der Waals surface area contributed by atoms with E-state index in [0.29, 0.717) is 5.56 Å². The zero-order valence-electron chi connectivity index (χ0n) is 6.91. The predicted octanol–water partition coefficient (Wildman–Crippen LogP) is 0.286. The molecule has 0 saturated heterocycles. The lowest BCUT2D eigenvalue weighted by Gasteiger charge is -2.03. The molecule has 0 amide bonds. The Hall–Kier alpha value is -0.980. The van der Waals surface area contributed by atoms with Crippen molar-refractivity contribution in [1.82, 2.24) is 4.83 Å². The summed E-state index contributed by atoms with van der Waals surface area (Å²) in [5.74, 6) is 3.93. The molecule has 0 radical (unpaired) electrons. The van der Waals surface area contributed by atoms with Crippen molar-refractivity contribution in [1.29, 1.82) is 0 Å². The third-order valence-electron chi connectivity index (χ3n) is 1.53. The molecule has 0 spiro atoms. The van der Waals surface area contributed by atoms with Gasteiger partial charge < -0.3 is 0 Å². The summed E-state index contributed by atoms with van der Waals surface area (Å²) >= 11 is 0. The topological polar surface area (TPSA) is 72.2 Å². The van der Waals surface area contributed by atoms with E-state index in [1.807, 2.05) is 0 Å². The van der Waals surface area contributed by atoms with Crippen LogP contribution in [0.15, 0.2) is 23.1 Å². The first-order chi connectivity index (χ1) is 5.97. The van der Waals surface area contributed by atoms with Crippen molar-refractivity contribution in [2.24, 2.45) is 5.84 Å². The van der Waals surface area contributed by atoms with Gasteiger partial charge in [0.1, 0.15) is 10.7 Å². The molecule has 0 aliphatic carbocycles. The van der Waals surface area contributed by atoms with Crippen LogP contribution >= 0.6 is 0 Å². The molecule has 4 nitrogen and oxygen atoms in total. The average Bonchev–Trinajstić information content (AvgIpc) is 2.03. The molecule has 0 aromatic heterocycles. The molecule has 13 heavy (non-hydrogen) atoms. The van der Waals surface area contributed by atoms with Gasteiger partial charge in [0.05, 0.1) is 0 Å². The lowest BCUT2D eigenvalue weighted by molar-refractivity contribution is 0.558. The van der Waals surface area contributed by atoms with Crippen LogP contribution in [-0.4, -0.2) is 8.42 Å². The van der Waals surface area contributed by atoms with Crippen molar-refractivity contribution >= 4 is 10.0 Å². The van der Waals surface area contributed by atoms with Gasteiger partial charge in [0.25, 0.3) is 10.0 Å². The molecule has 1 rings (SSSR count). The average molecular weight is 204 g/mol. The van der Waals surface area contributed by atoms with Crippen LogP contribution in [0.3, 0.4) is 0 Å². The van der Waals surface area contributed by atoms with Crippen molar-refractivity contribution in [3.8, 4) is 0 Å². The van der Waals surface area contributed by atoms with E-state index in [1.165, 1.54) is 12.1 Å². The molecular weight excluding hydrogens is 195 g/mol. The van der Waals surface area contributed by atoms with Crippen molar-refractivity contribution < 1.29 is 12.8 Å². The molecule has 72 valence electrons. The highest BCUT2D eigenvalue weighted by atomic mass is 32.2. The smallest absolute Gasteiger partial charge is 0.255 e. The summed E-state index contributed by atoms with van der Waals surface area (Å²) in [6.07, 6.45) is 0. The molecule has 0 bridgehead atoms. The third kappa shape index (κ3) is 2.03. The van der Waals surface area contributed by atoms with Gasteiger partial charge in [0.2, 0.25) is 0 Å². The van der Waals surface area contributed by atoms with Gasteiger partial charge in [-0.3, -0.25) is 5.84 Å². The van der Waals surface area contributed by atoms with E-state index in [9.17, 15) is 12.8 Å². The minimum atomic E-state index is -3.89. The van der Waals surface area contributed by atoms with E-state index in [0.717, 1.165) is 6.07 Å². The lowest BCUT2D eigenvalue weighted by atomic mass is 10.2. The molecule has 1 aromatic carbocycles. The molecule has 0 aliphatic heterocycles. The summed E-state index contributed by atoms with van der Waals surface area (Å²) in [5, 5.41) is 0. The number of rotatable bonds is 2. The number of sulfonamides is 1. The van der Waals surface area contributed by atoms with Gasteiger partial charge in [-0.1, -0.05) is 6.07 Å². The van der Waals surface area contributed by atoms with Crippen LogP contribution in [0, 0.1) is 12.7 Å². The van der Waals surface area contributed by atoms with Crippen LogP contribution in [0.5, 0.6) is 0 Å². The van der Waals surface area contributed by atoms with Gasteiger partial charge >= 0.3 is 0 Å². The Morgan fingerprint density at radius 1 is 1.46 bits per heavy atom. The van der Waals surface area contributed by atoms with Crippen LogP contribution < -0.4 is 10.7 Å². The maximum atomic E-state index is 13.1. The van der Waals surface area contributed by atoms with E-state index in [4.69, 9.17) is 5.84 Å². The third-order valence-corrected chi connectivity index (χ3v) is 2.75. The monoisotopic (exact) mass is 204 g/mol. The largest absolute Gasteiger partial charge is 0.257 e. The highest BCUT2D eigenvalue weighted by Crippen LogP contribution is 2.14. The van der Waals surface area contributed by atoms with E-state index in [1.54, 1.807) is 11.8 Å². The van der Waals surface area contributed by atoms with E-state index in [-0.39, 0.29) is 0 Å². The zero-order chi connectivity index (χ0) is 10.1. The highest BCUT2D eigenvalue weighted by molar-refractivity contribution is 7.89. The van der Waals surface area contributed by atoms with Gasteiger partial charge in [-0.2, -0.15) is 0 Å². The normalized spacial score (nSPS) is 11.6. The number of hydrogen-bond donors (Lipinski definition) is 2. The SMILES string of the molecule is Cc1ccc(S(=O)(=O)NN)c(F)c1. The molecule has 0 unspecified atom stereocenters. The molecule has 0 saturated carbocycles. The fourth-order valence-electron chi connectivity index (χ4n) is 0.887. The maximum absolute atomic E-state index is 13.1. The van der Waals surface area contributed by atoms with E-state index in [2.05, 4.69) is 0 Å². The molecular formula is C7H9FN2O2S. The van der Waals surface area contributed by atoms with E-state index < -0.39 is 20.7 Å². The molecule has 3 N–H and O–H groups in total. The Bertz CT molecular complexity index is 417. The standard InChI is InChI=1S/C7H9FN2O2S/c1-5-2-3-7(6(8)4-5)13(11,12)10-9/h2-4,10H,9H2,1H3. The Kier molecular flexibility index (Phi) is 2.65. The number of nitrogens with one attached hydrogen (secondary N) is 1. The minimum Gasteiger partial charge on any atom is -0.257 e. The van der Waals surface area contributed by atoms with Crippen LogP contribution in [0.2, 0.25) is 0 Å². The zero-order valence-corrected chi connectivity index (χ0v) is 7.73. The second-order valence-electron chi connectivity index (χ2n) is 2.56. The van der Waals surface area contributed by atoms with Crippen molar-refractivity contribution in [3.63, 3.8) is 0 Å². The number of halogens is 1. The number of hydrogen-bond acceptors (Lipinski definition) is 3. The fourth-order valence-corrected chi connectivity index (χ4v) is 1.58. The second-order valence-corrected chi connectivity index (χ2v) is 4.24. The summed E-state index contributed by atoms with van der Waals surface area (Å²) < 4.78 is 35.2. The van der Waals surface area contributed by atoms with Crippen LogP contribution in [0.25, 0.3) is 0 Å². The Morgan fingerprint density at radius 3 is 2.54 bits per heavy atom. The van der Waals surface area contributed by atoms with Crippen LogP contribution in [0.4, 0.5) is 4.39 Å². The predicted molar refractivity (Wildman–Crippen MR) is 45.6 cm³/mol. The second kappa shape index (κ2) is 3.41. The van der Waals surface area contributed by atoms with Gasteiger partial charge in [0.15, 0.2) is 0 Å². The maximum Gasteiger partial charge on any atom is 0.255 e. The molecule has 0 heterocycles. The van der Waals surface area contributed by atoms with Crippen molar-refractivity contribution in [2.75, 3.05) is 0 Å². The van der Waals surface area contributed by atoms with Gasteiger partial charge in [0, 0.05) is 0 Å². The number of nitrogens with two attached hydrogens (primary N) is 1. The Balaban J connectivity index is 3.33. The van der Waals surface area contributed by atoms with Gasteiger partial charge in [-0.15, -0.1) is 4.83 Å². The first kappa shape index (κ1) is 10.1. The fraction of sp³-hybridized carbons (Fsp3) is 0.143. The summed E-state index contributed by atoms with van der Waals surface area (Å²) in [5.41, 5.74) is 0.647. The van der Waals surface area contributed by atoms with E-state index >= 15 is 0 Å². The first-order valence-electron chi connectivity index (χ1n) is 3.46. The van der Waals surface area contributed by atoms with Gasteiger partial charge in [-0.05, 0) is 24.6 Å². The Labute approximate surface area is 75.6 Å². The summed E-state index contributed by atoms with van der Waals surface area (Å²) in [4.78, 5) is 1.11. The van der Waals surface area contributed by atoms with Crippen molar-refractivity contribution in [2.45, 2.75) is 11.8 Å². The number of aryl methyl sites for hydroxylation is 1. The number of benzene rings is 1. The molecule has 6 heteroatoms. The number of hydrazine groups is 1.